The van der Waals surface area contributed by atoms with Crippen molar-refractivity contribution < 1.29 is 4.79 Å². The molecule has 0 aliphatic carbocycles. The van der Waals surface area contributed by atoms with Gasteiger partial charge in [0.2, 0.25) is 5.91 Å². The lowest BCUT2D eigenvalue weighted by atomic mass is 10.0. The molecule has 0 bridgehead atoms. The molecule has 0 radical (unpaired) electrons. The van der Waals surface area contributed by atoms with Crippen molar-refractivity contribution in [1.29, 1.82) is 0 Å². The van der Waals surface area contributed by atoms with Gasteiger partial charge in [-0.25, -0.2) is 5.43 Å². The topological polar surface area (TPSA) is 41.1 Å². The SMILES string of the molecule is Cc1ccccc1C1CC(=O)NN1. The standard InChI is InChI=1S/C10H12N2O/c1-7-4-2-3-5-8(7)9-6-10(13)12-11-9/h2-5,9,11H,6H2,1H3,(H,12,13). The van der Waals surface area contributed by atoms with Crippen molar-refractivity contribution in [3.63, 3.8) is 0 Å². The number of benzene rings is 1. The van der Waals surface area contributed by atoms with Crippen LogP contribution in [0.1, 0.15) is 23.6 Å². The van der Waals surface area contributed by atoms with Crippen molar-refractivity contribution in [3.05, 3.63) is 35.4 Å². The summed E-state index contributed by atoms with van der Waals surface area (Å²) in [6, 6.07) is 8.23. The lowest BCUT2D eigenvalue weighted by molar-refractivity contribution is -0.119. The Morgan fingerprint density at radius 2 is 2.15 bits per heavy atom. The van der Waals surface area contributed by atoms with E-state index in [1.54, 1.807) is 0 Å². The Morgan fingerprint density at radius 1 is 1.38 bits per heavy atom. The van der Waals surface area contributed by atoms with Gasteiger partial charge in [-0.2, -0.15) is 0 Å². The molecule has 1 aromatic rings. The van der Waals surface area contributed by atoms with E-state index in [1.165, 1.54) is 11.1 Å². The molecule has 1 aliphatic rings. The summed E-state index contributed by atoms with van der Waals surface area (Å²) < 4.78 is 0. The maximum absolute atomic E-state index is 11.0. The smallest absolute Gasteiger partial charge is 0.236 e. The molecule has 2 rings (SSSR count). The Kier molecular flexibility index (Phi) is 2.02. The van der Waals surface area contributed by atoms with Gasteiger partial charge in [0, 0.05) is 6.42 Å². The molecule has 13 heavy (non-hydrogen) atoms. The van der Waals surface area contributed by atoms with Gasteiger partial charge in [-0.15, -0.1) is 0 Å². The second-order valence-electron chi connectivity index (χ2n) is 3.31. The van der Waals surface area contributed by atoms with Crippen molar-refractivity contribution in [2.45, 2.75) is 19.4 Å². The predicted octanol–water partition coefficient (Wildman–Crippen LogP) is 1.06. The van der Waals surface area contributed by atoms with Gasteiger partial charge >= 0.3 is 0 Å². The monoisotopic (exact) mass is 176 g/mol. The fourth-order valence-corrected chi connectivity index (χ4v) is 1.62. The number of hydrogen-bond acceptors (Lipinski definition) is 2. The Bertz CT molecular complexity index is 335. The van der Waals surface area contributed by atoms with Gasteiger partial charge in [-0.3, -0.25) is 10.2 Å². The van der Waals surface area contributed by atoms with E-state index in [4.69, 9.17) is 0 Å². The number of aryl methyl sites for hydroxylation is 1. The van der Waals surface area contributed by atoms with Crippen LogP contribution in [-0.2, 0) is 4.79 Å². The molecule has 3 heteroatoms. The zero-order chi connectivity index (χ0) is 9.26. The van der Waals surface area contributed by atoms with Crippen LogP contribution in [0, 0.1) is 6.92 Å². The van der Waals surface area contributed by atoms with Crippen molar-refractivity contribution in [1.82, 2.24) is 10.9 Å². The molecule has 1 heterocycles. The van der Waals surface area contributed by atoms with Gasteiger partial charge in [0.15, 0.2) is 0 Å². The lowest BCUT2D eigenvalue weighted by Crippen LogP contribution is -2.27. The first-order valence-corrected chi connectivity index (χ1v) is 4.37. The number of hydrazine groups is 1. The Hall–Kier alpha value is -1.35. The Labute approximate surface area is 77.1 Å². The maximum Gasteiger partial charge on any atom is 0.236 e. The van der Waals surface area contributed by atoms with E-state index in [0.29, 0.717) is 6.42 Å². The number of carbonyl (C=O) groups is 1. The molecule has 1 aromatic carbocycles. The molecule has 0 spiro atoms. The molecule has 0 saturated carbocycles. The van der Waals surface area contributed by atoms with Gasteiger partial charge in [0.05, 0.1) is 6.04 Å². The highest BCUT2D eigenvalue weighted by molar-refractivity contribution is 5.78. The molecule has 1 saturated heterocycles. The van der Waals surface area contributed by atoms with Gasteiger partial charge in [-0.1, -0.05) is 24.3 Å². The highest BCUT2D eigenvalue weighted by Crippen LogP contribution is 2.22. The maximum atomic E-state index is 11.0. The minimum absolute atomic E-state index is 0.0632. The summed E-state index contributed by atoms with van der Waals surface area (Å²) in [5.74, 6) is 0.0632. The molecule has 1 amide bonds. The molecule has 1 unspecified atom stereocenters. The summed E-state index contributed by atoms with van der Waals surface area (Å²) in [4.78, 5) is 11.0. The summed E-state index contributed by atoms with van der Waals surface area (Å²) in [5.41, 5.74) is 7.98. The molecule has 1 aliphatic heterocycles. The molecular formula is C10H12N2O. The number of rotatable bonds is 1. The van der Waals surface area contributed by atoms with Crippen LogP contribution in [0.4, 0.5) is 0 Å². The van der Waals surface area contributed by atoms with Crippen LogP contribution < -0.4 is 10.9 Å². The number of nitrogens with one attached hydrogen (secondary N) is 2. The second kappa shape index (κ2) is 3.18. The predicted molar refractivity (Wildman–Crippen MR) is 49.8 cm³/mol. The zero-order valence-corrected chi connectivity index (χ0v) is 7.50. The van der Waals surface area contributed by atoms with Crippen molar-refractivity contribution in [2.75, 3.05) is 0 Å². The third-order valence-corrected chi connectivity index (χ3v) is 2.34. The van der Waals surface area contributed by atoms with Crippen LogP contribution in [0.5, 0.6) is 0 Å². The summed E-state index contributed by atoms with van der Waals surface area (Å²) in [7, 11) is 0. The lowest BCUT2D eigenvalue weighted by Gasteiger charge is -2.11. The Balaban J connectivity index is 2.26. The van der Waals surface area contributed by atoms with Gasteiger partial charge < -0.3 is 0 Å². The van der Waals surface area contributed by atoms with Crippen LogP contribution in [0.25, 0.3) is 0 Å². The van der Waals surface area contributed by atoms with Crippen molar-refractivity contribution in [3.8, 4) is 0 Å². The van der Waals surface area contributed by atoms with Gasteiger partial charge in [-0.05, 0) is 18.1 Å². The molecular weight excluding hydrogens is 164 g/mol. The third kappa shape index (κ3) is 1.55. The summed E-state index contributed by atoms with van der Waals surface area (Å²) in [6.45, 7) is 2.06. The Morgan fingerprint density at radius 3 is 2.77 bits per heavy atom. The van der Waals surface area contributed by atoms with Crippen LogP contribution in [0.3, 0.4) is 0 Å². The molecule has 0 aromatic heterocycles. The average molecular weight is 176 g/mol. The minimum atomic E-state index is 0.0632. The number of hydrogen-bond donors (Lipinski definition) is 2. The second-order valence-corrected chi connectivity index (χ2v) is 3.31. The molecule has 1 fully saturated rings. The van der Waals surface area contributed by atoms with E-state index in [1.807, 2.05) is 18.2 Å². The van der Waals surface area contributed by atoms with E-state index >= 15 is 0 Å². The highest BCUT2D eigenvalue weighted by atomic mass is 16.2. The summed E-state index contributed by atoms with van der Waals surface area (Å²) in [6.07, 6.45) is 0.533. The van der Waals surface area contributed by atoms with Gasteiger partial charge in [0.25, 0.3) is 0 Å². The van der Waals surface area contributed by atoms with Crippen LogP contribution in [-0.4, -0.2) is 5.91 Å². The molecule has 68 valence electrons. The van der Waals surface area contributed by atoms with Gasteiger partial charge in [0.1, 0.15) is 0 Å². The number of carbonyl (C=O) groups excluding carboxylic acids is 1. The summed E-state index contributed by atoms with van der Waals surface area (Å²) in [5, 5.41) is 0. The van der Waals surface area contributed by atoms with Crippen LogP contribution >= 0.6 is 0 Å². The van der Waals surface area contributed by atoms with E-state index in [2.05, 4.69) is 23.8 Å². The molecule has 3 nitrogen and oxygen atoms in total. The first-order chi connectivity index (χ1) is 6.27. The minimum Gasteiger partial charge on any atom is -0.291 e. The van der Waals surface area contributed by atoms with E-state index in [0.717, 1.165) is 0 Å². The number of amides is 1. The molecule has 1 atom stereocenters. The van der Waals surface area contributed by atoms with Crippen molar-refractivity contribution >= 4 is 5.91 Å². The average Bonchev–Trinajstić information content (AvgIpc) is 2.53. The fourth-order valence-electron chi connectivity index (χ4n) is 1.62. The first-order valence-electron chi connectivity index (χ1n) is 4.37. The van der Waals surface area contributed by atoms with Crippen molar-refractivity contribution in [2.24, 2.45) is 0 Å². The highest BCUT2D eigenvalue weighted by Gasteiger charge is 2.23. The van der Waals surface area contributed by atoms with E-state index in [-0.39, 0.29) is 11.9 Å². The molecule has 2 N–H and O–H groups in total. The third-order valence-electron chi connectivity index (χ3n) is 2.34. The van der Waals surface area contributed by atoms with Crippen LogP contribution in [0.15, 0.2) is 24.3 Å². The van der Waals surface area contributed by atoms with E-state index < -0.39 is 0 Å². The fraction of sp³-hybridized carbons (Fsp3) is 0.300. The van der Waals surface area contributed by atoms with Crippen LogP contribution in [0.2, 0.25) is 0 Å². The summed E-state index contributed by atoms with van der Waals surface area (Å²) >= 11 is 0. The van der Waals surface area contributed by atoms with E-state index in [9.17, 15) is 4.79 Å². The zero-order valence-electron chi connectivity index (χ0n) is 7.50. The normalized spacial score (nSPS) is 21.6. The largest absolute Gasteiger partial charge is 0.291 e. The quantitative estimate of drug-likeness (QED) is 0.671. The first kappa shape index (κ1) is 8.26.